The number of ether oxygens (including phenoxy) is 9. The van der Waals surface area contributed by atoms with Gasteiger partial charge in [0.25, 0.3) is 0 Å². The number of aliphatic hydroxyl groups is 17. The van der Waals surface area contributed by atoms with Crippen LogP contribution in [0.15, 0.2) is 0 Å². The third kappa shape index (κ3) is 9.61. The van der Waals surface area contributed by atoms with E-state index in [2.05, 4.69) is 0 Å². The first-order chi connectivity index (χ1) is 26.4. The first-order valence-corrected chi connectivity index (χ1v) is 17.6. The highest BCUT2D eigenvalue weighted by Gasteiger charge is 2.53. The average Bonchev–Trinajstić information content (AvgIpc) is 3.18. The Hall–Kier alpha value is -1.04. The summed E-state index contributed by atoms with van der Waals surface area (Å²) in [4.78, 5) is 0. The maximum absolute atomic E-state index is 10.8. The van der Waals surface area contributed by atoms with Crippen molar-refractivity contribution in [2.24, 2.45) is 0 Å². The molecule has 17 N–H and O–H groups in total. The van der Waals surface area contributed by atoms with Gasteiger partial charge >= 0.3 is 0 Å². The predicted molar refractivity (Wildman–Crippen MR) is 167 cm³/mol. The van der Waals surface area contributed by atoms with Gasteiger partial charge in [-0.2, -0.15) is 0 Å². The second-order valence-corrected chi connectivity index (χ2v) is 14.1. The van der Waals surface area contributed by atoms with Gasteiger partial charge in [-0.05, 0) is 0 Å². The maximum atomic E-state index is 10.8. The molecule has 0 amide bonds. The Morgan fingerprint density at radius 2 is 0.625 bits per heavy atom. The lowest BCUT2D eigenvalue weighted by Gasteiger charge is -2.46. The normalized spacial score (nSPS) is 53.2. The fourth-order valence-corrected chi connectivity index (χ4v) is 6.71. The van der Waals surface area contributed by atoms with Crippen LogP contribution < -0.4 is 0 Å². The van der Waals surface area contributed by atoms with Crippen LogP contribution in [0.1, 0.15) is 0 Å². The molecule has 1 unspecified atom stereocenters. The summed E-state index contributed by atoms with van der Waals surface area (Å²) in [5, 5.41) is 174. The molecule has 56 heavy (non-hydrogen) atoms. The van der Waals surface area contributed by atoms with Crippen LogP contribution in [-0.4, -0.2) is 273 Å². The van der Waals surface area contributed by atoms with Crippen LogP contribution in [0.3, 0.4) is 0 Å². The number of hydrogen-bond acceptors (Lipinski definition) is 26. The van der Waals surface area contributed by atoms with E-state index in [9.17, 15) is 86.8 Å². The van der Waals surface area contributed by atoms with Crippen molar-refractivity contribution in [1.82, 2.24) is 0 Å². The largest absolute Gasteiger partial charge is 0.394 e. The Morgan fingerprint density at radius 3 is 1.05 bits per heavy atom. The lowest BCUT2D eigenvalue weighted by molar-refractivity contribution is -0.365. The smallest absolute Gasteiger partial charge is 0.187 e. The monoisotopic (exact) mass is 828 g/mol. The molecule has 0 aliphatic carbocycles. The van der Waals surface area contributed by atoms with Gasteiger partial charge in [-0.3, -0.25) is 0 Å². The van der Waals surface area contributed by atoms with Gasteiger partial charge in [0.05, 0.1) is 33.0 Å². The summed E-state index contributed by atoms with van der Waals surface area (Å²) in [6, 6.07) is 0. The maximum Gasteiger partial charge on any atom is 0.187 e. The third-order valence-corrected chi connectivity index (χ3v) is 10.3. The van der Waals surface area contributed by atoms with Crippen LogP contribution in [-0.2, 0) is 42.6 Å². The van der Waals surface area contributed by atoms with Gasteiger partial charge in [-0.1, -0.05) is 0 Å². The summed E-state index contributed by atoms with van der Waals surface area (Å²) in [6.07, 6.45) is -44.3. The Kier molecular flexibility index (Phi) is 16.1. The van der Waals surface area contributed by atoms with Crippen LogP contribution in [0.2, 0.25) is 0 Å². The third-order valence-electron chi connectivity index (χ3n) is 10.3. The lowest BCUT2D eigenvalue weighted by Crippen LogP contribution is -2.65. The fraction of sp³-hybridized carbons (Fsp3) is 1.00. The summed E-state index contributed by atoms with van der Waals surface area (Å²) in [5.41, 5.74) is 0. The van der Waals surface area contributed by atoms with Crippen LogP contribution in [0.25, 0.3) is 0 Å². The highest BCUT2D eigenvalue weighted by molar-refractivity contribution is 4.96. The molecule has 5 aliphatic rings. The van der Waals surface area contributed by atoms with Crippen molar-refractivity contribution in [2.75, 3.05) is 33.0 Å². The van der Waals surface area contributed by atoms with Crippen molar-refractivity contribution in [3.8, 4) is 0 Å². The number of aliphatic hydroxyl groups excluding tert-OH is 17. The van der Waals surface area contributed by atoms with Crippen molar-refractivity contribution < 1.29 is 129 Å². The molecule has 0 aromatic carbocycles. The zero-order chi connectivity index (χ0) is 41.3. The van der Waals surface area contributed by atoms with Crippen molar-refractivity contribution in [2.45, 2.75) is 154 Å². The quantitative estimate of drug-likeness (QED) is 0.0819. The molecular weight excluding hydrogens is 776 g/mol. The van der Waals surface area contributed by atoms with Gasteiger partial charge in [0.1, 0.15) is 122 Å². The van der Waals surface area contributed by atoms with E-state index in [4.69, 9.17) is 42.6 Å². The SMILES string of the molecule is OC[C@H]1O[C@@H](O[C@H]2[C@H](O)[C@@H](O)[C@H](OC[C@H]3O[C@H](OC[C@H]4O[C@H](OC[C@H]5OC(O)[C@H](O)[C@@H](O)[C@@H]5O)[C@H](O)[C@@H](O)[C@H]4O)[C@H](O)[C@@H](O)[C@@H]3O)O[C@@H]2CO)[C@H](O)[C@@H](O)[C@@H]1O. The average molecular weight is 829 g/mol. The van der Waals surface area contributed by atoms with Gasteiger partial charge in [-0.25, -0.2) is 0 Å². The lowest BCUT2D eigenvalue weighted by atomic mass is 9.97. The van der Waals surface area contributed by atoms with E-state index in [0.29, 0.717) is 0 Å². The van der Waals surface area contributed by atoms with Gasteiger partial charge in [0.2, 0.25) is 0 Å². The topological polar surface area (TPSA) is 427 Å². The molecular formula is C30H52O26. The van der Waals surface area contributed by atoms with E-state index in [1.54, 1.807) is 0 Å². The zero-order valence-electron chi connectivity index (χ0n) is 29.2. The summed E-state index contributed by atoms with van der Waals surface area (Å²) in [6.45, 7) is -3.82. The first kappa shape index (κ1) is 46.0. The van der Waals surface area contributed by atoms with Crippen LogP contribution >= 0.6 is 0 Å². The van der Waals surface area contributed by atoms with Crippen molar-refractivity contribution in [3.05, 3.63) is 0 Å². The molecule has 0 spiro atoms. The molecule has 5 saturated heterocycles. The summed E-state index contributed by atoms with van der Waals surface area (Å²) < 4.78 is 48.6. The number of rotatable bonds is 13. The predicted octanol–water partition coefficient (Wildman–Crippen LogP) is -11.9. The molecule has 5 rings (SSSR count). The van der Waals surface area contributed by atoms with Crippen LogP contribution in [0.4, 0.5) is 0 Å². The molecule has 5 heterocycles. The van der Waals surface area contributed by atoms with Gasteiger partial charge in [0, 0.05) is 0 Å². The van der Waals surface area contributed by atoms with Crippen LogP contribution in [0.5, 0.6) is 0 Å². The molecule has 0 aromatic heterocycles. The molecule has 26 nitrogen and oxygen atoms in total. The Balaban J connectivity index is 1.15. The first-order valence-electron chi connectivity index (χ1n) is 17.6. The van der Waals surface area contributed by atoms with E-state index < -0.39 is 187 Å². The molecule has 0 aromatic rings. The van der Waals surface area contributed by atoms with E-state index in [1.165, 1.54) is 0 Å². The zero-order valence-corrected chi connectivity index (χ0v) is 29.2. The van der Waals surface area contributed by atoms with Gasteiger partial charge in [-0.15, -0.1) is 0 Å². The molecule has 5 fully saturated rings. The highest BCUT2D eigenvalue weighted by atomic mass is 16.8. The Labute approximate surface area is 316 Å². The minimum absolute atomic E-state index is 0.669. The van der Waals surface area contributed by atoms with E-state index in [-0.39, 0.29) is 0 Å². The molecule has 0 bridgehead atoms. The summed E-state index contributed by atoms with van der Waals surface area (Å²) in [7, 11) is 0. The second kappa shape index (κ2) is 19.6. The molecule has 328 valence electrons. The molecule has 26 heteroatoms. The molecule has 25 atom stereocenters. The molecule has 0 radical (unpaired) electrons. The van der Waals surface area contributed by atoms with Gasteiger partial charge in [0.15, 0.2) is 31.5 Å². The van der Waals surface area contributed by atoms with E-state index in [0.717, 1.165) is 0 Å². The molecule has 0 saturated carbocycles. The standard InChI is InChI=1S/C30H52O26/c31-1-6-11(33)16(38)23(45)30(52-6)56-25-7(2-32)53-29(24(46)19(25)41)50-5-10-14(36)18(40)22(44)28(55-10)49-4-9-13(35)17(39)21(43)27(54-9)48-3-8-12(34)15(37)20(42)26(47)51-8/h6-47H,1-5H2/t6-,7-,8-,9-,10-,11-,12-,13+,14-,15+,16+,17+,18+,19-,20-,21-,22-,23-,24-,25-,26?,27+,28+,29-,30+/m1/s1. The second-order valence-electron chi connectivity index (χ2n) is 14.1. The summed E-state index contributed by atoms with van der Waals surface area (Å²) in [5.74, 6) is 0. The summed E-state index contributed by atoms with van der Waals surface area (Å²) >= 11 is 0. The molecule has 5 aliphatic heterocycles. The van der Waals surface area contributed by atoms with E-state index >= 15 is 0 Å². The Bertz CT molecular complexity index is 1200. The van der Waals surface area contributed by atoms with E-state index in [1.807, 2.05) is 0 Å². The van der Waals surface area contributed by atoms with Gasteiger partial charge < -0.3 is 129 Å². The minimum Gasteiger partial charge on any atom is -0.394 e. The van der Waals surface area contributed by atoms with Crippen molar-refractivity contribution >= 4 is 0 Å². The fourth-order valence-electron chi connectivity index (χ4n) is 6.71. The van der Waals surface area contributed by atoms with Crippen molar-refractivity contribution in [3.63, 3.8) is 0 Å². The van der Waals surface area contributed by atoms with Crippen molar-refractivity contribution in [1.29, 1.82) is 0 Å². The number of hydrogen-bond donors (Lipinski definition) is 17. The Morgan fingerprint density at radius 1 is 0.304 bits per heavy atom. The van der Waals surface area contributed by atoms with Crippen LogP contribution in [0, 0.1) is 0 Å². The minimum atomic E-state index is -1.97. The highest BCUT2D eigenvalue weighted by Crippen LogP contribution is 2.32.